The average molecular weight is 242 g/mol. The molecular formula is C10H14N2O3S. The number of aliphatic hydroxyl groups is 1. The molecule has 3 unspecified atom stereocenters. The van der Waals surface area contributed by atoms with Gasteiger partial charge in [-0.3, -0.25) is 4.99 Å². The van der Waals surface area contributed by atoms with E-state index in [1.165, 1.54) is 11.2 Å². The van der Waals surface area contributed by atoms with Gasteiger partial charge in [0, 0.05) is 0 Å². The molecule has 16 heavy (non-hydrogen) atoms. The molecule has 1 aliphatic heterocycles. The summed E-state index contributed by atoms with van der Waals surface area (Å²) in [6.45, 7) is 1.52. The normalized spacial score (nSPS) is 30.2. The zero-order chi connectivity index (χ0) is 11.9. The van der Waals surface area contributed by atoms with Crippen molar-refractivity contribution in [2.24, 2.45) is 4.99 Å². The third-order valence-corrected chi connectivity index (χ3v) is 3.73. The highest BCUT2D eigenvalue weighted by atomic mass is 32.2. The Morgan fingerprint density at radius 2 is 2.06 bits per heavy atom. The van der Waals surface area contributed by atoms with Gasteiger partial charge in [0.1, 0.15) is 11.9 Å². The van der Waals surface area contributed by atoms with Crippen LogP contribution in [0.3, 0.4) is 0 Å². The van der Waals surface area contributed by atoms with Gasteiger partial charge in [0.05, 0.1) is 18.3 Å². The second-order valence-corrected chi connectivity index (χ2v) is 5.83. The lowest BCUT2D eigenvalue weighted by Gasteiger charge is -2.27. The lowest BCUT2D eigenvalue weighted by atomic mass is 10.1. The van der Waals surface area contributed by atoms with Gasteiger partial charge in [-0.25, -0.2) is 12.7 Å². The molecule has 0 amide bonds. The van der Waals surface area contributed by atoms with Crippen LogP contribution < -0.4 is 0 Å². The van der Waals surface area contributed by atoms with E-state index in [1.54, 1.807) is 12.2 Å². The fourth-order valence-electron chi connectivity index (χ4n) is 1.97. The number of aliphatic imine (C=N–C) groups is 1. The predicted molar refractivity (Wildman–Crippen MR) is 61.7 cm³/mol. The molecule has 1 N–H and O–H groups in total. The van der Waals surface area contributed by atoms with Crippen molar-refractivity contribution in [2.75, 3.05) is 6.26 Å². The van der Waals surface area contributed by atoms with Gasteiger partial charge in [0.25, 0.3) is 0 Å². The number of hydrogen-bond acceptors (Lipinski definition) is 4. The standard InChI is InChI=1S/C10H14N2O3S/c1-7(13)10-11-8-5-3-4-6-9(8)12(10)16(2,14)15/h3-9,13H,1-2H3. The van der Waals surface area contributed by atoms with Crippen LogP contribution in [0.4, 0.5) is 0 Å². The van der Waals surface area contributed by atoms with Gasteiger partial charge in [-0.15, -0.1) is 0 Å². The Kier molecular flexibility index (Phi) is 2.63. The summed E-state index contributed by atoms with van der Waals surface area (Å²) in [6.07, 6.45) is 7.47. The third kappa shape index (κ3) is 1.78. The van der Waals surface area contributed by atoms with Gasteiger partial charge in [-0.1, -0.05) is 24.3 Å². The summed E-state index contributed by atoms with van der Waals surface area (Å²) in [4.78, 5) is 4.23. The number of aliphatic hydroxyl groups excluding tert-OH is 1. The molecule has 0 saturated heterocycles. The van der Waals surface area contributed by atoms with E-state index in [1.807, 2.05) is 12.2 Å². The van der Waals surface area contributed by atoms with Crippen LogP contribution in [-0.4, -0.2) is 48.1 Å². The van der Waals surface area contributed by atoms with Crippen molar-refractivity contribution >= 4 is 15.9 Å². The highest BCUT2D eigenvalue weighted by Gasteiger charge is 2.40. The Labute approximate surface area is 94.8 Å². The molecule has 1 heterocycles. The lowest BCUT2D eigenvalue weighted by molar-refractivity contribution is 0.251. The second kappa shape index (κ2) is 3.71. The van der Waals surface area contributed by atoms with Crippen molar-refractivity contribution < 1.29 is 13.5 Å². The maximum Gasteiger partial charge on any atom is 0.233 e. The minimum atomic E-state index is -3.41. The molecular weight excluding hydrogens is 228 g/mol. The van der Waals surface area contributed by atoms with Gasteiger partial charge >= 0.3 is 0 Å². The number of allylic oxidation sites excluding steroid dienone is 2. The van der Waals surface area contributed by atoms with Gasteiger partial charge in [-0.2, -0.15) is 0 Å². The topological polar surface area (TPSA) is 70.0 Å². The third-order valence-electron chi connectivity index (χ3n) is 2.59. The molecule has 5 nitrogen and oxygen atoms in total. The smallest absolute Gasteiger partial charge is 0.233 e. The summed E-state index contributed by atoms with van der Waals surface area (Å²) < 4.78 is 24.6. The zero-order valence-electron chi connectivity index (χ0n) is 9.11. The van der Waals surface area contributed by atoms with E-state index in [-0.39, 0.29) is 17.9 Å². The second-order valence-electron chi connectivity index (χ2n) is 3.97. The van der Waals surface area contributed by atoms with Crippen LogP contribution in [0.25, 0.3) is 0 Å². The Balaban J connectivity index is 2.45. The predicted octanol–water partition coefficient (Wildman–Crippen LogP) is -0.0959. The average Bonchev–Trinajstić information content (AvgIpc) is 2.55. The SMILES string of the molecule is CC(O)C1=NC2C=CC=CC2N1S(C)(=O)=O. The molecule has 0 aromatic carbocycles. The fourth-order valence-corrected chi connectivity index (χ4v) is 3.14. The molecule has 0 radical (unpaired) electrons. The van der Waals surface area contributed by atoms with E-state index in [4.69, 9.17) is 0 Å². The van der Waals surface area contributed by atoms with Crippen LogP contribution in [-0.2, 0) is 10.0 Å². The van der Waals surface area contributed by atoms with Crippen LogP contribution >= 0.6 is 0 Å². The zero-order valence-corrected chi connectivity index (χ0v) is 9.92. The van der Waals surface area contributed by atoms with Crippen molar-refractivity contribution in [3.8, 4) is 0 Å². The number of fused-ring (bicyclic) bond motifs is 1. The highest BCUT2D eigenvalue weighted by Crippen LogP contribution is 2.26. The summed E-state index contributed by atoms with van der Waals surface area (Å²) >= 11 is 0. The molecule has 0 spiro atoms. The first-order chi connectivity index (χ1) is 7.41. The van der Waals surface area contributed by atoms with Crippen LogP contribution in [0.2, 0.25) is 0 Å². The minimum absolute atomic E-state index is 0.216. The first-order valence-electron chi connectivity index (χ1n) is 5.01. The highest BCUT2D eigenvalue weighted by molar-refractivity contribution is 7.89. The molecule has 0 saturated carbocycles. The maximum absolute atomic E-state index is 11.7. The first kappa shape index (κ1) is 11.3. The molecule has 3 atom stereocenters. The summed E-state index contributed by atoms with van der Waals surface area (Å²) in [5.74, 6) is 0.216. The molecule has 0 bridgehead atoms. The van der Waals surface area contributed by atoms with E-state index in [0.717, 1.165) is 6.26 Å². The lowest BCUT2D eigenvalue weighted by Crippen LogP contribution is -2.45. The Morgan fingerprint density at radius 1 is 1.44 bits per heavy atom. The van der Waals surface area contributed by atoms with Crippen molar-refractivity contribution in [2.45, 2.75) is 25.1 Å². The fraction of sp³-hybridized carbons (Fsp3) is 0.500. The van der Waals surface area contributed by atoms with Gasteiger partial charge in [0.2, 0.25) is 10.0 Å². The molecule has 2 aliphatic rings. The number of amidine groups is 1. The molecule has 6 heteroatoms. The maximum atomic E-state index is 11.7. The van der Waals surface area contributed by atoms with E-state index in [9.17, 15) is 13.5 Å². The summed E-state index contributed by atoms with van der Waals surface area (Å²) in [5.41, 5.74) is 0. The van der Waals surface area contributed by atoms with Gasteiger partial charge < -0.3 is 5.11 Å². The largest absolute Gasteiger partial charge is 0.385 e. The monoisotopic (exact) mass is 242 g/mol. The molecule has 0 fully saturated rings. The van der Waals surface area contributed by atoms with Crippen LogP contribution in [0.1, 0.15) is 6.92 Å². The van der Waals surface area contributed by atoms with Crippen molar-refractivity contribution in [3.63, 3.8) is 0 Å². The molecule has 1 aliphatic carbocycles. The summed E-state index contributed by atoms with van der Waals surface area (Å²) in [5, 5.41) is 9.55. The van der Waals surface area contributed by atoms with E-state index < -0.39 is 16.1 Å². The Bertz CT molecular complexity index is 476. The van der Waals surface area contributed by atoms with Crippen molar-refractivity contribution in [1.82, 2.24) is 4.31 Å². The van der Waals surface area contributed by atoms with Crippen LogP contribution in [0, 0.1) is 0 Å². The molecule has 2 rings (SSSR count). The van der Waals surface area contributed by atoms with Crippen LogP contribution in [0.5, 0.6) is 0 Å². The molecule has 0 aromatic heterocycles. The van der Waals surface area contributed by atoms with Gasteiger partial charge in [0.15, 0.2) is 0 Å². The first-order valence-corrected chi connectivity index (χ1v) is 6.86. The Morgan fingerprint density at radius 3 is 2.62 bits per heavy atom. The van der Waals surface area contributed by atoms with Crippen LogP contribution in [0.15, 0.2) is 29.3 Å². The number of hydrogen-bond donors (Lipinski definition) is 1. The minimum Gasteiger partial charge on any atom is -0.385 e. The van der Waals surface area contributed by atoms with E-state index in [2.05, 4.69) is 4.99 Å². The van der Waals surface area contributed by atoms with Crippen molar-refractivity contribution in [1.29, 1.82) is 0 Å². The molecule has 0 aromatic rings. The van der Waals surface area contributed by atoms with E-state index >= 15 is 0 Å². The number of rotatable bonds is 2. The summed E-state index contributed by atoms with van der Waals surface area (Å²) in [6, 6.07) is -0.547. The van der Waals surface area contributed by atoms with E-state index in [0.29, 0.717) is 0 Å². The molecule has 88 valence electrons. The summed E-state index contributed by atoms with van der Waals surface area (Å²) in [7, 11) is -3.41. The quantitative estimate of drug-likeness (QED) is 0.735. The number of sulfonamides is 1. The van der Waals surface area contributed by atoms with Crippen molar-refractivity contribution in [3.05, 3.63) is 24.3 Å². The number of nitrogens with zero attached hydrogens (tertiary/aromatic N) is 2. The Hall–Kier alpha value is -1.14. The van der Waals surface area contributed by atoms with Gasteiger partial charge in [-0.05, 0) is 6.92 Å².